The van der Waals surface area contributed by atoms with E-state index in [1.807, 2.05) is 4.90 Å². The summed E-state index contributed by atoms with van der Waals surface area (Å²) in [6.45, 7) is 7.45. The monoisotopic (exact) mass is 211 g/mol. The van der Waals surface area contributed by atoms with Crippen LogP contribution in [0, 0.1) is 5.92 Å². The highest BCUT2D eigenvalue weighted by molar-refractivity contribution is 5.78. The lowest BCUT2D eigenvalue weighted by atomic mass is 9.91. The van der Waals surface area contributed by atoms with Crippen molar-refractivity contribution in [1.29, 1.82) is 0 Å². The lowest BCUT2D eigenvalue weighted by molar-refractivity contribution is -0.136. The molecule has 1 amide bonds. The molecular formula is C12H21NO2. The van der Waals surface area contributed by atoms with Crippen LogP contribution in [0.25, 0.3) is 0 Å². The summed E-state index contributed by atoms with van der Waals surface area (Å²) < 4.78 is 4.89. The summed E-state index contributed by atoms with van der Waals surface area (Å²) in [6.07, 6.45) is 3.24. The van der Waals surface area contributed by atoms with Gasteiger partial charge < -0.3 is 9.64 Å². The third kappa shape index (κ3) is 2.81. The van der Waals surface area contributed by atoms with Crippen LogP contribution in [0.3, 0.4) is 0 Å². The molecular weight excluding hydrogens is 190 g/mol. The summed E-state index contributed by atoms with van der Waals surface area (Å²) in [5.41, 5.74) is 1.37. The number of rotatable bonds is 3. The molecule has 1 aliphatic rings. The number of methoxy groups -OCH3 is 1. The van der Waals surface area contributed by atoms with Crippen LogP contribution in [-0.4, -0.2) is 37.1 Å². The second kappa shape index (κ2) is 5.31. The fourth-order valence-electron chi connectivity index (χ4n) is 2.18. The van der Waals surface area contributed by atoms with Gasteiger partial charge in [0.1, 0.15) is 6.61 Å². The fraction of sp³-hybridized carbons (Fsp3) is 0.750. The third-order valence-electron chi connectivity index (χ3n) is 2.95. The lowest BCUT2D eigenvalue weighted by Gasteiger charge is -2.35. The first-order valence-electron chi connectivity index (χ1n) is 5.56. The number of nitrogens with zero attached hydrogens (tertiary/aromatic N) is 1. The molecule has 0 aromatic rings. The van der Waals surface area contributed by atoms with Crippen LogP contribution in [0.1, 0.15) is 27.2 Å². The van der Waals surface area contributed by atoms with E-state index in [1.165, 1.54) is 5.57 Å². The molecule has 0 saturated carbocycles. The number of hydrogen-bond donors (Lipinski definition) is 0. The average molecular weight is 211 g/mol. The maximum Gasteiger partial charge on any atom is 0.249 e. The van der Waals surface area contributed by atoms with E-state index in [0.717, 1.165) is 13.0 Å². The minimum Gasteiger partial charge on any atom is -0.375 e. The maximum absolute atomic E-state index is 11.8. The van der Waals surface area contributed by atoms with Gasteiger partial charge >= 0.3 is 0 Å². The molecule has 1 atom stereocenters. The quantitative estimate of drug-likeness (QED) is 0.667. The van der Waals surface area contributed by atoms with Crippen molar-refractivity contribution in [1.82, 2.24) is 4.90 Å². The van der Waals surface area contributed by atoms with Gasteiger partial charge in [0, 0.05) is 13.7 Å². The van der Waals surface area contributed by atoms with Gasteiger partial charge in [-0.1, -0.05) is 19.9 Å². The number of hydrogen-bond acceptors (Lipinski definition) is 2. The Morgan fingerprint density at radius 1 is 1.67 bits per heavy atom. The Bertz CT molecular complexity index is 258. The molecule has 1 aliphatic heterocycles. The van der Waals surface area contributed by atoms with E-state index in [0.29, 0.717) is 5.92 Å². The number of carbonyl (C=O) groups is 1. The Morgan fingerprint density at radius 3 is 2.87 bits per heavy atom. The predicted molar refractivity (Wildman–Crippen MR) is 60.6 cm³/mol. The van der Waals surface area contributed by atoms with Crippen molar-refractivity contribution in [3.8, 4) is 0 Å². The minimum absolute atomic E-state index is 0.0938. The SMILES string of the molecule is COCC(=O)N1CCC=C(C(C)C)[C@H]1C. The van der Waals surface area contributed by atoms with Crippen molar-refractivity contribution >= 4 is 5.91 Å². The molecule has 0 saturated heterocycles. The number of amides is 1. The molecule has 3 heteroatoms. The largest absolute Gasteiger partial charge is 0.375 e. The summed E-state index contributed by atoms with van der Waals surface area (Å²) in [5, 5.41) is 0. The second-order valence-corrected chi connectivity index (χ2v) is 4.34. The molecule has 86 valence electrons. The van der Waals surface area contributed by atoms with Gasteiger partial charge in [-0.2, -0.15) is 0 Å². The first-order valence-corrected chi connectivity index (χ1v) is 5.56. The Balaban J connectivity index is 2.71. The predicted octanol–water partition coefficient (Wildman–Crippen LogP) is 1.84. The van der Waals surface area contributed by atoms with Crippen LogP contribution in [0.4, 0.5) is 0 Å². The van der Waals surface area contributed by atoms with Crippen LogP contribution in [0.15, 0.2) is 11.6 Å². The normalized spacial score (nSPS) is 21.8. The van der Waals surface area contributed by atoms with Crippen LogP contribution < -0.4 is 0 Å². The Kier molecular flexibility index (Phi) is 4.33. The number of carbonyl (C=O) groups excluding carboxylic acids is 1. The molecule has 0 radical (unpaired) electrons. The van der Waals surface area contributed by atoms with Gasteiger partial charge in [-0.25, -0.2) is 0 Å². The van der Waals surface area contributed by atoms with Gasteiger partial charge in [0.2, 0.25) is 5.91 Å². The zero-order valence-electron chi connectivity index (χ0n) is 10.1. The molecule has 0 N–H and O–H groups in total. The smallest absolute Gasteiger partial charge is 0.249 e. The summed E-state index contributed by atoms with van der Waals surface area (Å²) in [6, 6.07) is 0.224. The van der Waals surface area contributed by atoms with Crippen molar-refractivity contribution in [3.63, 3.8) is 0 Å². The van der Waals surface area contributed by atoms with Crippen LogP contribution in [-0.2, 0) is 9.53 Å². The minimum atomic E-state index is 0.0938. The van der Waals surface area contributed by atoms with Gasteiger partial charge in [-0.3, -0.25) is 4.79 Å². The first-order chi connectivity index (χ1) is 7.07. The van der Waals surface area contributed by atoms with Crippen LogP contribution >= 0.6 is 0 Å². The van der Waals surface area contributed by atoms with Crippen molar-refractivity contribution in [2.75, 3.05) is 20.3 Å². The summed E-state index contributed by atoms with van der Waals surface area (Å²) >= 11 is 0. The van der Waals surface area contributed by atoms with Gasteiger partial charge in [-0.15, -0.1) is 0 Å². The molecule has 0 fully saturated rings. The molecule has 1 rings (SSSR count). The van der Waals surface area contributed by atoms with E-state index in [4.69, 9.17) is 4.74 Å². The molecule has 0 bridgehead atoms. The van der Waals surface area contributed by atoms with Crippen molar-refractivity contribution in [2.45, 2.75) is 33.2 Å². The van der Waals surface area contributed by atoms with Gasteiger partial charge in [0.05, 0.1) is 6.04 Å². The zero-order chi connectivity index (χ0) is 11.4. The van der Waals surface area contributed by atoms with Crippen molar-refractivity contribution in [2.24, 2.45) is 5.92 Å². The highest BCUT2D eigenvalue weighted by Gasteiger charge is 2.26. The molecule has 15 heavy (non-hydrogen) atoms. The molecule has 0 aromatic heterocycles. The standard InChI is InChI=1S/C12H21NO2/c1-9(2)11-6-5-7-13(10(11)3)12(14)8-15-4/h6,9-10H,5,7-8H2,1-4H3/t10-/m1/s1. The third-order valence-corrected chi connectivity index (χ3v) is 2.95. The molecule has 1 heterocycles. The second-order valence-electron chi connectivity index (χ2n) is 4.34. The molecule has 0 aliphatic carbocycles. The van der Waals surface area contributed by atoms with E-state index < -0.39 is 0 Å². The topological polar surface area (TPSA) is 29.5 Å². The molecule has 3 nitrogen and oxygen atoms in total. The highest BCUT2D eigenvalue weighted by Crippen LogP contribution is 2.24. The Labute approximate surface area is 92.1 Å². The van der Waals surface area contributed by atoms with E-state index in [1.54, 1.807) is 7.11 Å². The average Bonchev–Trinajstić information content (AvgIpc) is 2.17. The van der Waals surface area contributed by atoms with Crippen molar-refractivity contribution < 1.29 is 9.53 Å². The molecule has 0 spiro atoms. The molecule has 0 unspecified atom stereocenters. The van der Waals surface area contributed by atoms with E-state index in [-0.39, 0.29) is 18.6 Å². The van der Waals surface area contributed by atoms with E-state index in [9.17, 15) is 4.79 Å². The molecule has 0 aromatic carbocycles. The highest BCUT2D eigenvalue weighted by atomic mass is 16.5. The van der Waals surface area contributed by atoms with Gasteiger partial charge in [-0.05, 0) is 24.8 Å². The summed E-state index contributed by atoms with van der Waals surface area (Å²) in [5.74, 6) is 0.606. The van der Waals surface area contributed by atoms with Crippen molar-refractivity contribution in [3.05, 3.63) is 11.6 Å². The van der Waals surface area contributed by atoms with E-state index >= 15 is 0 Å². The maximum atomic E-state index is 11.8. The van der Waals surface area contributed by atoms with Gasteiger partial charge in [0.15, 0.2) is 0 Å². The Morgan fingerprint density at radius 2 is 2.33 bits per heavy atom. The first kappa shape index (κ1) is 12.2. The fourth-order valence-corrected chi connectivity index (χ4v) is 2.18. The van der Waals surface area contributed by atoms with Crippen LogP contribution in [0.5, 0.6) is 0 Å². The van der Waals surface area contributed by atoms with E-state index in [2.05, 4.69) is 26.8 Å². The van der Waals surface area contributed by atoms with Crippen LogP contribution in [0.2, 0.25) is 0 Å². The number of ether oxygens (including phenoxy) is 1. The van der Waals surface area contributed by atoms with Gasteiger partial charge in [0.25, 0.3) is 0 Å². The summed E-state index contributed by atoms with van der Waals surface area (Å²) in [7, 11) is 1.56. The zero-order valence-corrected chi connectivity index (χ0v) is 10.1. The Hall–Kier alpha value is -0.830. The lowest BCUT2D eigenvalue weighted by Crippen LogP contribution is -2.45. The summed E-state index contributed by atoms with van der Waals surface area (Å²) in [4.78, 5) is 13.7.